The van der Waals surface area contributed by atoms with E-state index in [1.807, 2.05) is 24.0 Å². The molecule has 0 atom stereocenters. The van der Waals surface area contributed by atoms with Gasteiger partial charge >= 0.3 is 0 Å². The normalized spacial score (nSPS) is 17.5. The van der Waals surface area contributed by atoms with E-state index in [9.17, 15) is 0 Å². The van der Waals surface area contributed by atoms with E-state index in [4.69, 9.17) is 5.73 Å². The van der Waals surface area contributed by atoms with Gasteiger partial charge in [-0.1, -0.05) is 0 Å². The highest BCUT2D eigenvalue weighted by Gasteiger charge is 2.10. The number of pyridine rings is 1. The average molecular weight is 223 g/mol. The van der Waals surface area contributed by atoms with Crippen molar-refractivity contribution in [2.45, 2.75) is 13.0 Å². The lowest BCUT2D eigenvalue weighted by molar-refractivity contribution is 0.799. The molecule has 1 aromatic rings. The predicted octanol–water partition coefficient (Wildman–Crippen LogP) is 1.48. The fourth-order valence-corrected chi connectivity index (χ4v) is 2.62. The summed E-state index contributed by atoms with van der Waals surface area (Å²) < 4.78 is 0. The number of thioether (sulfide) groups is 1. The molecule has 1 aromatic heterocycles. The number of rotatable bonds is 2. The fourth-order valence-electron chi connectivity index (χ4n) is 1.74. The van der Waals surface area contributed by atoms with Crippen molar-refractivity contribution in [1.29, 1.82) is 0 Å². The van der Waals surface area contributed by atoms with Crippen molar-refractivity contribution in [3.8, 4) is 0 Å². The second-order valence-corrected chi connectivity index (χ2v) is 4.90. The summed E-state index contributed by atoms with van der Waals surface area (Å²) in [6.45, 7) is 2.82. The molecule has 0 amide bonds. The fraction of sp³-hybridized carbons (Fsp3) is 0.545. The largest absolute Gasteiger partial charge is 0.356 e. The van der Waals surface area contributed by atoms with E-state index in [1.54, 1.807) is 0 Å². The van der Waals surface area contributed by atoms with Crippen molar-refractivity contribution in [2.75, 3.05) is 29.5 Å². The Morgan fingerprint density at radius 3 is 3.20 bits per heavy atom. The van der Waals surface area contributed by atoms with E-state index in [0.717, 1.165) is 24.5 Å². The molecule has 0 spiro atoms. The quantitative estimate of drug-likeness (QED) is 0.824. The van der Waals surface area contributed by atoms with Crippen LogP contribution in [-0.4, -0.2) is 29.6 Å². The molecule has 1 fully saturated rings. The van der Waals surface area contributed by atoms with Gasteiger partial charge in [0, 0.05) is 31.6 Å². The molecule has 82 valence electrons. The Labute approximate surface area is 95.1 Å². The Kier molecular flexibility index (Phi) is 3.86. The van der Waals surface area contributed by atoms with Gasteiger partial charge in [-0.05, 0) is 29.9 Å². The molecule has 2 heterocycles. The maximum Gasteiger partial charge on any atom is 0.128 e. The molecule has 1 aliphatic heterocycles. The second-order valence-electron chi connectivity index (χ2n) is 3.68. The van der Waals surface area contributed by atoms with E-state index in [1.165, 1.54) is 17.9 Å². The van der Waals surface area contributed by atoms with Gasteiger partial charge < -0.3 is 10.6 Å². The van der Waals surface area contributed by atoms with Crippen LogP contribution >= 0.6 is 11.8 Å². The van der Waals surface area contributed by atoms with Gasteiger partial charge in [-0.3, -0.25) is 0 Å². The Bertz CT molecular complexity index is 308. The maximum absolute atomic E-state index is 5.63. The number of nitrogens with zero attached hydrogens (tertiary/aromatic N) is 2. The van der Waals surface area contributed by atoms with Crippen LogP contribution in [0.5, 0.6) is 0 Å². The summed E-state index contributed by atoms with van der Waals surface area (Å²) in [5.74, 6) is 3.56. The Hall–Kier alpha value is -0.740. The molecule has 4 heteroatoms. The highest BCUT2D eigenvalue weighted by Crippen LogP contribution is 2.17. The molecule has 3 nitrogen and oxygen atoms in total. The molecule has 0 aromatic carbocycles. The first-order chi connectivity index (χ1) is 7.40. The maximum atomic E-state index is 5.63. The van der Waals surface area contributed by atoms with E-state index in [-0.39, 0.29) is 0 Å². The summed E-state index contributed by atoms with van der Waals surface area (Å²) in [6.07, 6.45) is 3.11. The van der Waals surface area contributed by atoms with Crippen LogP contribution in [0, 0.1) is 0 Å². The third-order valence-electron chi connectivity index (χ3n) is 2.59. The number of nitrogens with two attached hydrogens (primary N) is 1. The number of hydrogen-bond donors (Lipinski definition) is 1. The molecular weight excluding hydrogens is 206 g/mol. The van der Waals surface area contributed by atoms with Gasteiger partial charge in [-0.25, -0.2) is 4.98 Å². The lowest BCUT2D eigenvalue weighted by Crippen LogP contribution is -2.26. The van der Waals surface area contributed by atoms with Gasteiger partial charge in [-0.2, -0.15) is 11.8 Å². The van der Waals surface area contributed by atoms with E-state index >= 15 is 0 Å². The van der Waals surface area contributed by atoms with Crippen LogP contribution in [0.25, 0.3) is 0 Å². The zero-order valence-corrected chi connectivity index (χ0v) is 9.67. The van der Waals surface area contributed by atoms with Crippen LogP contribution < -0.4 is 10.6 Å². The zero-order valence-electron chi connectivity index (χ0n) is 8.85. The van der Waals surface area contributed by atoms with Crippen molar-refractivity contribution < 1.29 is 0 Å². The van der Waals surface area contributed by atoms with Gasteiger partial charge in [0.15, 0.2) is 0 Å². The summed E-state index contributed by atoms with van der Waals surface area (Å²) in [5, 5.41) is 0. The Balaban J connectivity index is 2.12. The van der Waals surface area contributed by atoms with Crippen LogP contribution in [0.1, 0.15) is 12.0 Å². The molecule has 0 unspecified atom stereocenters. The first-order valence-electron chi connectivity index (χ1n) is 5.38. The molecular formula is C11H17N3S. The Morgan fingerprint density at radius 2 is 2.33 bits per heavy atom. The van der Waals surface area contributed by atoms with Crippen LogP contribution in [0.15, 0.2) is 18.3 Å². The highest BCUT2D eigenvalue weighted by molar-refractivity contribution is 7.99. The van der Waals surface area contributed by atoms with Crippen LogP contribution in [0.3, 0.4) is 0 Å². The smallest absolute Gasteiger partial charge is 0.128 e. The Morgan fingerprint density at radius 1 is 1.40 bits per heavy atom. The van der Waals surface area contributed by atoms with Gasteiger partial charge in [0.1, 0.15) is 5.82 Å². The van der Waals surface area contributed by atoms with Crippen LogP contribution in [0.4, 0.5) is 5.82 Å². The SMILES string of the molecule is NCc1ccnc(N2CCCSCC2)c1. The van der Waals surface area contributed by atoms with E-state index < -0.39 is 0 Å². The second kappa shape index (κ2) is 5.37. The predicted molar refractivity (Wildman–Crippen MR) is 66.3 cm³/mol. The molecule has 0 saturated carbocycles. The van der Waals surface area contributed by atoms with Crippen molar-refractivity contribution in [1.82, 2.24) is 4.98 Å². The van der Waals surface area contributed by atoms with Gasteiger partial charge in [0.05, 0.1) is 0 Å². The van der Waals surface area contributed by atoms with Gasteiger partial charge in [0.2, 0.25) is 0 Å². The van der Waals surface area contributed by atoms with Crippen molar-refractivity contribution in [3.63, 3.8) is 0 Å². The topological polar surface area (TPSA) is 42.1 Å². The van der Waals surface area contributed by atoms with Gasteiger partial charge in [-0.15, -0.1) is 0 Å². The van der Waals surface area contributed by atoms with Crippen molar-refractivity contribution in [2.24, 2.45) is 5.73 Å². The third-order valence-corrected chi connectivity index (χ3v) is 3.64. The first kappa shape index (κ1) is 10.8. The van der Waals surface area contributed by atoms with E-state index in [2.05, 4.69) is 16.0 Å². The minimum Gasteiger partial charge on any atom is -0.356 e. The summed E-state index contributed by atoms with van der Waals surface area (Å²) in [5.41, 5.74) is 6.79. The summed E-state index contributed by atoms with van der Waals surface area (Å²) in [6, 6.07) is 4.09. The lowest BCUT2D eigenvalue weighted by atomic mass is 10.2. The molecule has 2 N–H and O–H groups in total. The molecule has 0 radical (unpaired) electrons. The average Bonchev–Trinajstić information content (AvgIpc) is 2.58. The minimum absolute atomic E-state index is 0.595. The molecule has 0 bridgehead atoms. The number of hydrogen-bond acceptors (Lipinski definition) is 4. The van der Waals surface area contributed by atoms with Crippen LogP contribution in [-0.2, 0) is 6.54 Å². The monoisotopic (exact) mass is 223 g/mol. The summed E-state index contributed by atoms with van der Waals surface area (Å²) >= 11 is 2.03. The molecule has 2 rings (SSSR count). The minimum atomic E-state index is 0.595. The van der Waals surface area contributed by atoms with Gasteiger partial charge in [0.25, 0.3) is 0 Å². The number of aromatic nitrogens is 1. The summed E-state index contributed by atoms with van der Waals surface area (Å²) in [7, 11) is 0. The van der Waals surface area contributed by atoms with Crippen LogP contribution in [0.2, 0.25) is 0 Å². The third kappa shape index (κ3) is 2.86. The van der Waals surface area contributed by atoms with E-state index in [0.29, 0.717) is 6.54 Å². The zero-order chi connectivity index (χ0) is 10.5. The molecule has 1 aliphatic rings. The number of anilines is 1. The standard InChI is InChI=1S/C11H17N3S/c12-9-10-2-3-13-11(8-10)14-4-1-6-15-7-5-14/h2-3,8H,1,4-7,9,12H2. The molecule has 0 aliphatic carbocycles. The molecule has 1 saturated heterocycles. The highest BCUT2D eigenvalue weighted by atomic mass is 32.2. The first-order valence-corrected chi connectivity index (χ1v) is 6.53. The molecule has 15 heavy (non-hydrogen) atoms. The summed E-state index contributed by atoms with van der Waals surface area (Å²) in [4.78, 5) is 6.77. The van der Waals surface area contributed by atoms with Crippen molar-refractivity contribution >= 4 is 17.6 Å². The lowest BCUT2D eigenvalue weighted by Gasteiger charge is -2.21. The van der Waals surface area contributed by atoms with Crippen molar-refractivity contribution in [3.05, 3.63) is 23.9 Å².